The summed E-state index contributed by atoms with van der Waals surface area (Å²) in [7, 11) is -3.84. The van der Waals surface area contributed by atoms with Crippen molar-refractivity contribution >= 4 is 33.3 Å². The van der Waals surface area contributed by atoms with Crippen molar-refractivity contribution < 1.29 is 23.1 Å². The summed E-state index contributed by atoms with van der Waals surface area (Å²) in [5, 5.41) is 14.9. The molecule has 35 heavy (non-hydrogen) atoms. The predicted molar refractivity (Wildman–Crippen MR) is 132 cm³/mol. The number of hydrogen-bond acceptors (Lipinski definition) is 5. The second kappa shape index (κ2) is 10.1. The molecule has 1 atom stereocenters. The van der Waals surface area contributed by atoms with Gasteiger partial charge in [-0.1, -0.05) is 66.2 Å². The second-order valence-corrected chi connectivity index (χ2v) is 9.96. The summed E-state index contributed by atoms with van der Waals surface area (Å²) < 4.78 is 28.5. The number of hydrazone groups is 1. The molecule has 1 heterocycles. The van der Waals surface area contributed by atoms with Gasteiger partial charge in [0.25, 0.3) is 10.0 Å². The number of anilines is 1. The number of carbonyl (C=O) groups is 2. The number of para-hydroxylation sites is 1. The molecule has 0 radical (unpaired) electrons. The fourth-order valence-electron chi connectivity index (χ4n) is 4.00. The highest BCUT2D eigenvalue weighted by molar-refractivity contribution is 7.92. The van der Waals surface area contributed by atoms with Crippen LogP contribution in [-0.4, -0.2) is 36.1 Å². The molecule has 8 nitrogen and oxygen atoms in total. The summed E-state index contributed by atoms with van der Waals surface area (Å²) in [6.07, 6.45) is -0.128. The first-order valence-corrected chi connectivity index (χ1v) is 12.6. The van der Waals surface area contributed by atoms with Crippen LogP contribution in [0.5, 0.6) is 0 Å². The van der Waals surface area contributed by atoms with Gasteiger partial charge in [0.05, 0.1) is 28.8 Å². The van der Waals surface area contributed by atoms with Crippen molar-refractivity contribution in [3.05, 3.63) is 95.6 Å². The highest BCUT2D eigenvalue weighted by atomic mass is 32.2. The quantitative estimate of drug-likeness (QED) is 0.486. The molecule has 0 aromatic heterocycles. The Labute approximate surface area is 204 Å². The van der Waals surface area contributed by atoms with Gasteiger partial charge >= 0.3 is 5.97 Å². The number of carbonyl (C=O) groups excluding carboxylic acids is 1. The van der Waals surface area contributed by atoms with Crippen LogP contribution in [0.2, 0.25) is 0 Å². The van der Waals surface area contributed by atoms with Gasteiger partial charge in [0, 0.05) is 18.4 Å². The van der Waals surface area contributed by atoms with Gasteiger partial charge in [-0.25, -0.2) is 13.4 Å². The number of benzene rings is 3. The molecule has 2 N–H and O–H groups in total. The van der Waals surface area contributed by atoms with Crippen molar-refractivity contribution in [2.75, 3.05) is 4.72 Å². The third-order valence-corrected chi connectivity index (χ3v) is 7.06. The number of rotatable bonds is 8. The first-order valence-electron chi connectivity index (χ1n) is 11.1. The van der Waals surface area contributed by atoms with Crippen LogP contribution in [0.25, 0.3) is 0 Å². The molecule has 1 amide bonds. The molecule has 0 saturated carbocycles. The van der Waals surface area contributed by atoms with Gasteiger partial charge in [0.1, 0.15) is 0 Å². The number of nitrogens with zero attached hydrogens (tertiary/aromatic N) is 2. The van der Waals surface area contributed by atoms with E-state index in [1.807, 2.05) is 31.2 Å². The van der Waals surface area contributed by atoms with Crippen LogP contribution in [0.1, 0.15) is 42.0 Å². The van der Waals surface area contributed by atoms with Crippen molar-refractivity contribution in [1.29, 1.82) is 0 Å². The van der Waals surface area contributed by atoms with Crippen LogP contribution in [0.3, 0.4) is 0 Å². The van der Waals surface area contributed by atoms with Crippen LogP contribution in [-0.2, 0) is 19.6 Å². The molecule has 0 fully saturated rings. The summed E-state index contributed by atoms with van der Waals surface area (Å²) in [6, 6.07) is 22.2. The first-order chi connectivity index (χ1) is 16.7. The minimum Gasteiger partial charge on any atom is -0.481 e. The highest BCUT2D eigenvalue weighted by Gasteiger charge is 2.34. The Morgan fingerprint density at radius 3 is 2.43 bits per heavy atom. The Morgan fingerprint density at radius 2 is 1.71 bits per heavy atom. The molecule has 180 valence electrons. The van der Waals surface area contributed by atoms with Gasteiger partial charge in [0.15, 0.2) is 0 Å². The number of hydrogen-bond donors (Lipinski definition) is 2. The van der Waals surface area contributed by atoms with Crippen molar-refractivity contribution in [1.82, 2.24) is 5.01 Å². The van der Waals surface area contributed by atoms with E-state index in [2.05, 4.69) is 9.82 Å². The van der Waals surface area contributed by atoms with E-state index in [0.29, 0.717) is 23.4 Å². The molecule has 3 aromatic rings. The maximum absolute atomic E-state index is 12.9. The zero-order chi connectivity index (χ0) is 25.0. The fraction of sp³-hybridized carbons (Fsp3) is 0.192. The third-order valence-electron chi connectivity index (χ3n) is 5.68. The van der Waals surface area contributed by atoms with Crippen molar-refractivity contribution in [2.45, 2.75) is 37.1 Å². The van der Waals surface area contributed by atoms with E-state index in [1.54, 1.807) is 42.5 Å². The maximum atomic E-state index is 12.9. The topological polar surface area (TPSA) is 116 Å². The molecule has 3 aromatic carbocycles. The first kappa shape index (κ1) is 24.2. The molecule has 4 rings (SSSR count). The molecule has 9 heteroatoms. The number of carboxylic acid groups (broad SMARTS) is 1. The van der Waals surface area contributed by atoms with Gasteiger partial charge in [-0.2, -0.15) is 5.10 Å². The summed E-state index contributed by atoms with van der Waals surface area (Å²) >= 11 is 0. The van der Waals surface area contributed by atoms with E-state index in [0.717, 1.165) is 11.1 Å². The number of sulfonamides is 1. The molecule has 1 unspecified atom stereocenters. The predicted octanol–water partition coefficient (Wildman–Crippen LogP) is 4.34. The van der Waals surface area contributed by atoms with Crippen LogP contribution in [0.15, 0.2) is 88.9 Å². The molecule has 0 bridgehead atoms. The average Bonchev–Trinajstić information content (AvgIpc) is 3.29. The molecule has 1 aliphatic rings. The lowest BCUT2D eigenvalue weighted by molar-refractivity contribution is -0.141. The molecule has 1 aliphatic heterocycles. The highest BCUT2D eigenvalue weighted by Crippen LogP contribution is 2.35. The summed E-state index contributed by atoms with van der Waals surface area (Å²) in [5.41, 5.74) is 3.32. The van der Waals surface area contributed by atoms with Gasteiger partial charge in [-0.05, 0) is 30.7 Å². The van der Waals surface area contributed by atoms with E-state index in [9.17, 15) is 18.0 Å². The van der Waals surface area contributed by atoms with Crippen molar-refractivity contribution in [2.24, 2.45) is 5.10 Å². The molecule has 0 aliphatic carbocycles. The van der Waals surface area contributed by atoms with Crippen LogP contribution in [0.4, 0.5) is 5.69 Å². The second-order valence-electron chi connectivity index (χ2n) is 8.28. The summed E-state index contributed by atoms with van der Waals surface area (Å²) in [5.74, 6) is -1.47. The molecule has 0 spiro atoms. The maximum Gasteiger partial charge on any atom is 0.303 e. The Hall–Kier alpha value is -3.98. The largest absolute Gasteiger partial charge is 0.481 e. The summed E-state index contributed by atoms with van der Waals surface area (Å²) in [6.45, 7) is 1.95. The number of aliphatic carboxylic acids is 1. The lowest BCUT2D eigenvalue weighted by atomic mass is 9.96. The number of carboxylic acids is 1. The lowest BCUT2D eigenvalue weighted by Gasteiger charge is -2.22. The standard InChI is InChI=1S/C26H25N3O5S/c1-18-8-7-9-19(16-18)24-17-23(27-29(24)25(30)14-15-26(31)32)21-12-5-6-13-22(21)28-35(33,34)20-10-3-2-4-11-20/h2-13,16,24,28H,14-15,17H2,1H3,(H,31,32). The molecular formula is C26H25N3O5S. The van der Waals surface area contributed by atoms with E-state index >= 15 is 0 Å². The zero-order valence-corrected chi connectivity index (χ0v) is 19.9. The van der Waals surface area contributed by atoms with Crippen LogP contribution in [0, 0.1) is 6.92 Å². The lowest BCUT2D eigenvalue weighted by Crippen LogP contribution is -2.27. The van der Waals surface area contributed by atoms with Crippen LogP contribution < -0.4 is 4.72 Å². The van der Waals surface area contributed by atoms with E-state index in [4.69, 9.17) is 5.11 Å². The Bertz CT molecular complexity index is 1390. The fourth-order valence-corrected chi connectivity index (χ4v) is 5.10. The normalized spacial score (nSPS) is 15.5. The monoisotopic (exact) mass is 491 g/mol. The Balaban J connectivity index is 1.69. The van der Waals surface area contributed by atoms with Gasteiger partial charge in [0.2, 0.25) is 5.91 Å². The number of nitrogens with one attached hydrogen (secondary N) is 1. The average molecular weight is 492 g/mol. The molecular weight excluding hydrogens is 466 g/mol. The third kappa shape index (κ3) is 5.58. The van der Waals surface area contributed by atoms with Gasteiger partial charge in [-0.15, -0.1) is 0 Å². The van der Waals surface area contributed by atoms with E-state index in [-0.39, 0.29) is 17.7 Å². The van der Waals surface area contributed by atoms with E-state index in [1.165, 1.54) is 17.1 Å². The zero-order valence-electron chi connectivity index (χ0n) is 19.1. The SMILES string of the molecule is Cc1cccc(C2CC(c3ccccc3NS(=O)(=O)c3ccccc3)=NN2C(=O)CCC(=O)O)c1. The number of aryl methyl sites for hydroxylation is 1. The van der Waals surface area contributed by atoms with Crippen molar-refractivity contribution in [3.63, 3.8) is 0 Å². The van der Waals surface area contributed by atoms with E-state index < -0.39 is 27.9 Å². The Morgan fingerprint density at radius 1 is 1.00 bits per heavy atom. The minimum absolute atomic E-state index is 0.131. The smallest absolute Gasteiger partial charge is 0.303 e. The van der Waals surface area contributed by atoms with Gasteiger partial charge < -0.3 is 5.11 Å². The number of amides is 1. The molecule has 0 saturated heterocycles. The minimum atomic E-state index is -3.84. The van der Waals surface area contributed by atoms with Gasteiger partial charge in [-0.3, -0.25) is 14.3 Å². The summed E-state index contributed by atoms with van der Waals surface area (Å²) in [4.78, 5) is 24.1. The van der Waals surface area contributed by atoms with Crippen LogP contribution >= 0.6 is 0 Å². The van der Waals surface area contributed by atoms with Crippen molar-refractivity contribution in [3.8, 4) is 0 Å². The Kier molecular flexibility index (Phi) is 6.97.